The summed E-state index contributed by atoms with van der Waals surface area (Å²) in [6.07, 6.45) is 6.08. The van der Waals surface area contributed by atoms with Gasteiger partial charge in [0.15, 0.2) is 0 Å². The van der Waals surface area contributed by atoms with Crippen molar-refractivity contribution in [3.8, 4) is 0 Å². The number of nitrogens with one attached hydrogen (secondary N) is 1. The average molecular weight is 175 g/mol. The summed E-state index contributed by atoms with van der Waals surface area (Å²) in [5.41, 5.74) is 0. The lowest BCUT2D eigenvalue weighted by atomic mass is 10.2. The zero-order chi connectivity index (χ0) is 8.53. The van der Waals surface area contributed by atoms with E-state index in [-0.39, 0.29) is 0 Å². The molecule has 0 aliphatic carbocycles. The Morgan fingerprint density at radius 2 is 2.09 bits per heavy atom. The van der Waals surface area contributed by atoms with Gasteiger partial charge in [0.25, 0.3) is 0 Å². The van der Waals surface area contributed by atoms with Gasteiger partial charge in [0.1, 0.15) is 0 Å². The molecule has 0 saturated heterocycles. The van der Waals surface area contributed by atoms with Crippen LogP contribution in [0.2, 0.25) is 0 Å². The van der Waals surface area contributed by atoms with Crippen LogP contribution in [0.3, 0.4) is 0 Å². The van der Waals surface area contributed by atoms with Crippen LogP contribution in [-0.2, 0) is 0 Å². The van der Waals surface area contributed by atoms with Crippen LogP contribution in [-0.4, -0.2) is 24.6 Å². The molecule has 1 nitrogen and oxygen atoms in total. The second kappa shape index (κ2) is 8.41. The van der Waals surface area contributed by atoms with Gasteiger partial charge < -0.3 is 5.32 Å². The molecule has 1 unspecified atom stereocenters. The van der Waals surface area contributed by atoms with E-state index in [2.05, 4.69) is 25.4 Å². The quantitative estimate of drug-likeness (QED) is 0.597. The molecule has 0 spiro atoms. The maximum Gasteiger partial charge on any atom is 0.00360 e. The largest absolute Gasteiger partial charge is 0.314 e. The molecule has 1 atom stereocenters. The third-order valence-corrected chi connectivity index (χ3v) is 2.58. The summed E-state index contributed by atoms with van der Waals surface area (Å²) in [6, 6.07) is 0.698. The topological polar surface area (TPSA) is 12.0 Å². The van der Waals surface area contributed by atoms with Crippen molar-refractivity contribution in [2.45, 2.75) is 39.2 Å². The molecule has 0 rings (SSSR count). The van der Waals surface area contributed by atoms with E-state index in [0.717, 1.165) is 0 Å². The lowest BCUT2D eigenvalue weighted by molar-refractivity contribution is 0.522. The Labute approximate surface area is 75.3 Å². The SMILES string of the molecule is CCC(C)NCCCCSC. The van der Waals surface area contributed by atoms with E-state index in [9.17, 15) is 0 Å². The van der Waals surface area contributed by atoms with Gasteiger partial charge in [-0.05, 0) is 44.7 Å². The van der Waals surface area contributed by atoms with Gasteiger partial charge in [0.2, 0.25) is 0 Å². The number of thioether (sulfide) groups is 1. The fourth-order valence-electron chi connectivity index (χ4n) is 0.864. The molecule has 0 saturated carbocycles. The summed E-state index contributed by atoms with van der Waals surface area (Å²) in [5.74, 6) is 1.31. The van der Waals surface area contributed by atoms with E-state index in [1.54, 1.807) is 0 Å². The second-order valence-electron chi connectivity index (χ2n) is 2.96. The van der Waals surface area contributed by atoms with Crippen molar-refractivity contribution < 1.29 is 0 Å². The molecule has 0 aliphatic rings. The molecular formula is C9H21NS. The average Bonchev–Trinajstić information content (AvgIpc) is 2.04. The number of hydrogen-bond donors (Lipinski definition) is 1. The van der Waals surface area contributed by atoms with Crippen molar-refractivity contribution >= 4 is 11.8 Å². The highest BCUT2D eigenvalue weighted by atomic mass is 32.2. The Morgan fingerprint density at radius 1 is 1.36 bits per heavy atom. The zero-order valence-corrected chi connectivity index (χ0v) is 8.84. The molecule has 11 heavy (non-hydrogen) atoms. The Bertz CT molecular complexity index is 76.0. The van der Waals surface area contributed by atoms with Crippen LogP contribution in [0.15, 0.2) is 0 Å². The van der Waals surface area contributed by atoms with E-state index < -0.39 is 0 Å². The van der Waals surface area contributed by atoms with E-state index in [4.69, 9.17) is 0 Å². The smallest absolute Gasteiger partial charge is 0.00360 e. The fraction of sp³-hybridized carbons (Fsp3) is 1.00. The molecule has 0 aliphatic heterocycles. The third kappa shape index (κ3) is 8.21. The third-order valence-electron chi connectivity index (χ3n) is 1.88. The molecule has 68 valence electrons. The maximum atomic E-state index is 3.48. The fourth-order valence-corrected chi connectivity index (χ4v) is 1.36. The van der Waals surface area contributed by atoms with Gasteiger partial charge in [-0.1, -0.05) is 6.92 Å². The molecule has 0 heterocycles. The van der Waals surface area contributed by atoms with Gasteiger partial charge in [-0.25, -0.2) is 0 Å². The first-order valence-corrected chi connectivity index (χ1v) is 5.93. The van der Waals surface area contributed by atoms with Crippen LogP contribution in [0.5, 0.6) is 0 Å². The highest BCUT2D eigenvalue weighted by Gasteiger charge is 1.94. The van der Waals surface area contributed by atoms with Gasteiger partial charge in [-0.2, -0.15) is 11.8 Å². The maximum absolute atomic E-state index is 3.48. The molecule has 0 aromatic heterocycles. The second-order valence-corrected chi connectivity index (χ2v) is 3.95. The highest BCUT2D eigenvalue weighted by Crippen LogP contribution is 1.98. The lowest BCUT2D eigenvalue weighted by Gasteiger charge is -2.10. The van der Waals surface area contributed by atoms with Crippen LogP contribution in [0.1, 0.15) is 33.1 Å². The van der Waals surface area contributed by atoms with Crippen molar-refractivity contribution in [1.29, 1.82) is 0 Å². The first-order chi connectivity index (χ1) is 5.31. The van der Waals surface area contributed by atoms with Gasteiger partial charge in [-0.15, -0.1) is 0 Å². The predicted octanol–water partition coefficient (Wildman–Crippen LogP) is 2.52. The summed E-state index contributed by atoms with van der Waals surface area (Å²) in [6.45, 7) is 5.66. The molecule has 0 amide bonds. The van der Waals surface area contributed by atoms with Crippen LogP contribution in [0.25, 0.3) is 0 Å². The molecule has 0 aromatic rings. The zero-order valence-electron chi connectivity index (χ0n) is 8.02. The van der Waals surface area contributed by atoms with Crippen LogP contribution >= 0.6 is 11.8 Å². The number of hydrogen-bond acceptors (Lipinski definition) is 2. The van der Waals surface area contributed by atoms with Crippen molar-refractivity contribution in [3.05, 3.63) is 0 Å². The monoisotopic (exact) mass is 175 g/mol. The van der Waals surface area contributed by atoms with Crippen LogP contribution < -0.4 is 5.32 Å². The predicted molar refractivity (Wildman–Crippen MR) is 55.4 cm³/mol. The van der Waals surface area contributed by atoms with E-state index in [1.807, 2.05) is 11.8 Å². The summed E-state index contributed by atoms with van der Waals surface area (Å²) >= 11 is 1.94. The summed E-state index contributed by atoms with van der Waals surface area (Å²) in [4.78, 5) is 0. The van der Waals surface area contributed by atoms with Crippen molar-refractivity contribution in [1.82, 2.24) is 5.32 Å². The van der Waals surface area contributed by atoms with E-state index in [0.29, 0.717) is 6.04 Å². The number of rotatable bonds is 7. The van der Waals surface area contributed by atoms with Gasteiger partial charge in [0, 0.05) is 6.04 Å². The molecule has 1 N–H and O–H groups in total. The number of unbranched alkanes of at least 4 members (excludes halogenated alkanes) is 1. The molecule has 0 bridgehead atoms. The van der Waals surface area contributed by atoms with Crippen molar-refractivity contribution in [2.24, 2.45) is 0 Å². The summed E-state index contributed by atoms with van der Waals surface area (Å²) in [5, 5.41) is 3.48. The Balaban J connectivity index is 2.89. The minimum Gasteiger partial charge on any atom is -0.314 e. The normalized spacial score (nSPS) is 13.4. The van der Waals surface area contributed by atoms with Gasteiger partial charge in [0.05, 0.1) is 0 Å². The molecule has 2 heteroatoms. The first-order valence-electron chi connectivity index (χ1n) is 4.53. The molecular weight excluding hydrogens is 154 g/mol. The van der Waals surface area contributed by atoms with Crippen LogP contribution in [0.4, 0.5) is 0 Å². The molecule has 0 radical (unpaired) electrons. The Hall–Kier alpha value is 0.310. The first kappa shape index (κ1) is 11.3. The van der Waals surface area contributed by atoms with Gasteiger partial charge >= 0.3 is 0 Å². The lowest BCUT2D eigenvalue weighted by Crippen LogP contribution is -2.26. The van der Waals surface area contributed by atoms with E-state index in [1.165, 1.54) is 31.6 Å². The minimum absolute atomic E-state index is 0.698. The van der Waals surface area contributed by atoms with Crippen LogP contribution in [0, 0.1) is 0 Å². The molecule has 0 aromatic carbocycles. The van der Waals surface area contributed by atoms with E-state index >= 15 is 0 Å². The minimum atomic E-state index is 0.698. The van der Waals surface area contributed by atoms with Crippen molar-refractivity contribution in [3.63, 3.8) is 0 Å². The Kier molecular flexibility index (Phi) is 8.64. The van der Waals surface area contributed by atoms with Crippen molar-refractivity contribution in [2.75, 3.05) is 18.6 Å². The van der Waals surface area contributed by atoms with Gasteiger partial charge in [-0.3, -0.25) is 0 Å². The summed E-state index contributed by atoms with van der Waals surface area (Å²) in [7, 11) is 0. The molecule has 0 fully saturated rings. The standard InChI is InChI=1S/C9H21NS/c1-4-9(2)10-7-5-6-8-11-3/h9-10H,4-8H2,1-3H3. The summed E-state index contributed by atoms with van der Waals surface area (Å²) < 4.78 is 0. The Morgan fingerprint density at radius 3 is 2.64 bits per heavy atom. The highest BCUT2D eigenvalue weighted by molar-refractivity contribution is 7.98.